The highest BCUT2D eigenvalue weighted by Gasteiger charge is 2.15. The lowest BCUT2D eigenvalue weighted by atomic mass is 10.2. The summed E-state index contributed by atoms with van der Waals surface area (Å²) in [4.78, 5) is 15.6. The van der Waals surface area contributed by atoms with Crippen molar-refractivity contribution in [2.45, 2.75) is 6.92 Å². The van der Waals surface area contributed by atoms with E-state index >= 15 is 0 Å². The molecule has 1 aromatic carbocycles. The van der Waals surface area contributed by atoms with Gasteiger partial charge >= 0.3 is 0 Å². The Morgan fingerprint density at radius 2 is 2.16 bits per heavy atom. The Morgan fingerprint density at radius 1 is 1.32 bits per heavy atom. The molecule has 0 saturated heterocycles. The number of aryl methyl sites for hydroxylation is 1. The van der Waals surface area contributed by atoms with E-state index in [4.69, 9.17) is 10.7 Å². The lowest BCUT2D eigenvalue weighted by Crippen LogP contribution is -2.09. The van der Waals surface area contributed by atoms with Crippen LogP contribution in [0.4, 0.5) is 5.82 Å². The highest BCUT2D eigenvalue weighted by molar-refractivity contribution is 7.21. The minimum Gasteiger partial charge on any atom is -0.390 e. The number of hydrogen-bond donors (Lipinski definition) is 2. The monoisotopic (exact) mass is 350 g/mol. The van der Waals surface area contributed by atoms with Crippen LogP contribution in [0.5, 0.6) is 0 Å². The minimum absolute atomic E-state index is 0.598. The molecule has 0 amide bonds. The third kappa shape index (κ3) is 2.83. The lowest BCUT2D eigenvalue weighted by Gasteiger charge is -2.07. The van der Waals surface area contributed by atoms with Crippen molar-refractivity contribution in [1.29, 1.82) is 0 Å². The molecule has 0 atom stereocenters. The maximum atomic E-state index is 5.28. The van der Waals surface area contributed by atoms with Gasteiger partial charge in [0.2, 0.25) is 0 Å². The molecule has 0 aliphatic heterocycles. The predicted octanol–water partition coefficient (Wildman–Crippen LogP) is 3.32. The Hall–Kier alpha value is -2.93. The van der Waals surface area contributed by atoms with Gasteiger partial charge in [-0.3, -0.25) is 9.39 Å². The summed E-state index contributed by atoms with van der Waals surface area (Å²) in [6, 6.07) is 12.5. The fraction of sp³-hybridized carbons (Fsp3) is 0.167. The van der Waals surface area contributed by atoms with Gasteiger partial charge in [-0.1, -0.05) is 30.3 Å². The molecule has 7 heteroatoms. The normalized spacial score (nSPS) is 11.7. The van der Waals surface area contributed by atoms with Crippen LogP contribution >= 0.6 is 11.3 Å². The first-order chi connectivity index (χ1) is 12.3. The van der Waals surface area contributed by atoms with Crippen molar-refractivity contribution in [3.05, 3.63) is 48.3 Å². The van der Waals surface area contributed by atoms with Crippen LogP contribution < -0.4 is 11.1 Å². The number of rotatable bonds is 5. The van der Waals surface area contributed by atoms with E-state index in [0.29, 0.717) is 13.1 Å². The van der Waals surface area contributed by atoms with E-state index in [1.54, 1.807) is 11.3 Å². The van der Waals surface area contributed by atoms with Crippen LogP contribution in [0.15, 0.2) is 47.6 Å². The van der Waals surface area contributed by atoms with E-state index in [-0.39, 0.29) is 0 Å². The molecule has 4 rings (SSSR count). The van der Waals surface area contributed by atoms with Gasteiger partial charge in [0.25, 0.3) is 0 Å². The number of aromatic nitrogens is 3. The Balaban J connectivity index is 1.84. The van der Waals surface area contributed by atoms with E-state index < -0.39 is 0 Å². The van der Waals surface area contributed by atoms with Crippen LogP contribution in [-0.4, -0.2) is 33.8 Å². The van der Waals surface area contributed by atoms with Crippen molar-refractivity contribution in [1.82, 2.24) is 14.4 Å². The molecule has 0 bridgehead atoms. The van der Waals surface area contributed by atoms with Crippen molar-refractivity contribution in [2.75, 3.05) is 18.4 Å². The number of aliphatic imine (C=N–C) groups is 1. The average molecular weight is 350 g/mol. The molecule has 25 heavy (non-hydrogen) atoms. The molecular formula is C18H18N6S. The molecule has 0 unspecified atom stereocenters. The van der Waals surface area contributed by atoms with Gasteiger partial charge in [-0.2, -0.15) is 0 Å². The second kappa shape index (κ2) is 6.52. The molecule has 3 heterocycles. The number of nitrogens with two attached hydrogens (primary N) is 1. The van der Waals surface area contributed by atoms with Crippen LogP contribution in [0.25, 0.3) is 26.4 Å². The molecule has 0 saturated carbocycles. The number of hydrogen-bond acceptors (Lipinski definition) is 5. The number of anilines is 1. The third-order valence-electron chi connectivity index (χ3n) is 3.98. The number of fused-ring (bicyclic) bond motifs is 3. The van der Waals surface area contributed by atoms with Crippen LogP contribution in [0, 0.1) is 6.92 Å². The molecular weight excluding hydrogens is 332 g/mol. The lowest BCUT2D eigenvalue weighted by molar-refractivity contribution is 1.01. The van der Waals surface area contributed by atoms with Crippen LogP contribution in [0.1, 0.15) is 5.69 Å². The highest BCUT2D eigenvalue weighted by atomic mass is 32.1. The molecule has 0 radical (unpaired) electrons. The standard InChI is InChI=1S/C18H18N6S/c1-12-10-22-17-16(21-8-7-20-11-19)23-14-9-15(25-18(14)24(12)17)13-5-3-2-4-6-13/h2-6,9-11H,7-8H2,1H3,(H2,19,20)(H,21,23). The molecule has 0 fully saturated rings. The number of thiophene rings is 1. The van der Waals surface area contributed by atoms with Gasteiger partial charge in [0.1, 0.15) is 10.3 Å². The Labute approximate surface area is 149 Å². The smallest absolute Gasteiger partial charge is 0.181 e. The molecule has 0 spiro atoms. The van der Waals surface area contributed by atoms with Crippen molar-refractivity contribution in [2.24, 2.45) is 10.7 Å². The molecule has 126 valence electrons. The fourth-order valence-electron chi connectivity index (χ4n) is 2.82. The zero-order valence-electron chi connectivity index (χ0n) is 13.8. The SMILES string of the molecule is Cc1cnc2c(NCCN=CN)nc3cc(-c4ccccc4)sc3n12. The molecule has 0 aliphatic carbocycles. The first-order valence-electron chi connectivity index (χ1n) is 8.05. The first kappa shape index (κ1) is 15.6. The van der Waals surface area contributed by atoms with Gasteiger partial charge in [-0.25, -0.2) is 9.97 Å². The van der Waals surface area contributed by atoms with Crippen molar-refractivity contribution in [3.8, 4) is 10.4 Å². The quantitative estimate of drug-likeness (QED) is 0.329. The maximum Gasteiger partial charge on any atom is 0.181 e. The van der Waals surface area contributed by atoms with Crippen LogP contribution in [0.2, 0.25) is 0 Å². The molecule has 0 aliphatic rings. The minimum atomic E-state index is 0.598. The summed E-state index contributed by atoms with van der Waals surface area (Å²) in [5.41, 5.74) is 9.37. The summed E-state index contributed by atoms with van der Waals surface area (Å²) in [6.07, 6.45) is 3.19. The zero-order chi connectivity index (χ0) is 17.2. The summed E-state index contributed by atoms with van der Waals surface area (Å²) in [5.74, 6) is 0.769. The molecule has 3 N–H and O–H groups in total. The number of imidazole rings is 1. The Bertz CT molecular complexity index is 1050. The molecule has 6 nitrogen and oxygen atoms in total. The number of nitrogens with zero attached hydrogens (tertiary/aromatic N) is 4. The van der Waals surface area contributed by atoms with Crippen LogP contribution in [0.3, 0.4) is 0 Å². The van der Waals surface area contributed by atoms with Gasteiger partial charge in [0, 0.05) is 23.3 Å². The second-order valence-corrected chi connectivity index (χ2v) is 6.70. The summed E-state index contributed by atoms with van der Waals surface area (Å²) >= 11 is 1.73. The van der Waals surface area contributed by atoms with Gasteiger partial charge in [-0.05, 0) is 18.6 Å². The van der Waals surface area contributed by atoms with Gasteiger partial charge in [-0.15, -0.1) is 11.3 Å². The van der Waals surface area contributed by atoms with Gasteiger partial charge in [0.05, 0.1) is 12.9 Å². The van der Waals surface area contributed by atoms with Crippen molar-refractivity contribution >= 4 is 39.5 Å². The topological polar surface area (TPSA) is 80.6 Å². The van der Waals surface area contributed by atoms with E-state index in [1.165, 1.54) is 16.8 Å². The Morgan fingerprint density at radius 3 is 2.96 bits per heavy atom. The van der Waals surface area contributed by atoms with Crippen molar-refractivity contribution in [3.63, 3.8) is 0 Å². The fourth-order valence-corrected chi connectivity index (χ4v) is 3.98. The summed E-state index contributed by atoms with van der Waals surface area (Å²) in [7, 11) is 0. The van der Waals surface area contributed by atoms with E-state index in [0.717, 1.165) is 27.5 Å². The Kier molecular flexibility index (Phi) is 4.07. The van der Waals surface area contributed by atoms with E-state index in [1.807, 2.05) is 12.3 Å². The number of benzene rings is 1. The summed E-state index contributed by atoms with van der Waals surface area (Å²) in [5, 5.41) is 3.32. The van der Waals surface area contributed by atoms with Crippen molar-refractivity contribution < 1.29 is 0 Å². The maximum absolute atomic E-state index is 5.28. The second-order valence-electron chi connectivity index (χ2n) is 5.67. The third-order valence-corrected chi connectivity index (χ3v) is 5.13. The van der Waals surface area contributed by atoms with E-state index in [9.17, 15) is 0 Å². The number of nitrogens with one attached hydrogen (secondary N) is 1. The molecule has 4 aromatic rings. The largest absolute Gasteiger partial charge is 0.390 e. The summed E-state index contributed by atoms with van der Waals surface area (Å²) < 4.78 is 2.16. The van der Waals surface area contributed by atoms with E-state index in [2.05, 4.69) is 56.9 Å². The average Bonchev–Trinajstić information content (AvgIpc) is 3.23. The highest BCUT2D eigenvalue weighted by Crippen LogP contribution is 2.34. The van der Waals surface area contributed by atoms with Gasteiger partial charge in [0.15, 0.2) is 11.5 Å². The first-order valence-corrected chi connectivity index (χ1v) is 8.86. The van der Waals surface area contributed by atoms with Crippen LogP contribution in [-0.2, 0) is 0 Å². The zero-order valence-corrected chi connectivity index (χ0v) is 14.6. The van der Waals surface area contributed by atoms with Gasteiger partial charge < -0.3 is 11.1 Å². The predicted molar refractivity (Wildman–Crippen MR) is 105 cm³/mol. The summed E-state index contributed by atoms with van der Waals surface area (Å²) in [6.45, 7) is 3.31. The molecule has 3 aromatic heterocycles.